The van der Waals surface area contributed by atoms with E-state index in [2.05, 4.69) is 4.99 Å². The molecule has 0 aliphatic carbocycles. The van der Waals surface area contributed by atoms with Gasteiger partial charge in [0.05, 0.1) is 23.9 Å². The molecule has 23 heavy (non-hydrogen) atoms. The van der Waals surface area contributed by atoms with Gasteiger partial charge in [-0.25, -0.2) is 9.79 Å². The Morgan fingerprint density at radius 3 is 2.83 bits per heavy atom. The molecule has 116 valence electrons. The topological polar surface area (TPSA) is 104 Å². The Hall–Kier alpha value is -3.42. The van der Waals surface area contributed by atoms with Crippen molar-refractivity contribution in [1.82, 2.24) is 0 Å². The molecule has 2 heterocycles. The predicted octanol–water partition coefficient (Wildman–Crippen LogP) is 2.54. The highest BCUT2D eigenvalue weighted by molar-refractivity contribution is 6.13. The van der Waals surface area contributed by atoms with Crippen LogP contribution in [0, 0.1) is 10.1 Å². The predicted molar refractivity (Wildman–Crippen MR) is 79.0 cm³/mol. The fourth-order valence-electron chi connectivity index (χ4n) is 2.01. The number of benzene rings is 1. The van der Waals surface area contributed by atoms with E-state index in [0.717, 1.165) is 0 Å². The molecule has 3 rings (SSSR count). The molecule has 0 radical (unpaired) electrons. The lowest BCUT2D eigenvalue weighted by molar-refractivity contribution is -0.384. The molecule has 1 aromatic carbocycles. The molecule has 0 saturated heterocycles. The highest BCUT2D eigenvalue weighted by atomic mass is 16.6. The van der Waals surface area contributed by atoms with Crippen LogP contribution in [0.2, 0.25) is 0 Å². The molecule has 1 aliphatic heterocycles. The SMILES string of the molecule is COc1ccc([N+](=O)[O-])cc1C1=N/C(=C/c2ccco2)C(=O)O1. The van der Waals surface area contributed by atoms with Gasteiger partial charge in [-0.15, -0.1) is 0 Å². The van der Waals surface area contributed by atoms with Gasteiger partial charge in [-0.2, -0.15) is 0 Å². The lowest BCUT2D eigenvalue weighted by Crippen LogP contribution is -2.07. The lowest BCUT2D eigenvalue weighted by Gasteiger charge is -2.06. The largest absolute Gasteiger partial charge is 0.496 e. The molecule has 0 saturated carbocycles. The number of furan rings is 1. The van der Waals surface area contributed by atoms with Crippen molar-refractivity contribution in [3.05, 3.63) is 63.7 Å². The Kier molecular flexibility index (Phi) is 3.63. The Morgan fingerprint density at radius 2 is 2.17 bits per heavy atom. The van der Waals surface area contributed by atoms with Crippen LogP contribution in [0.1, 0.15) is 11.3 Å². The van der Waals surface area contributed by atoms with E-state index in [9.17, 15) is 14.9 Å². The lowest BCUT2D eigenvalue weighted by atomic mass is 10.1. The smallest absolute Gasteiger partial charge is 0.363 e. The fraction of sp³-hybridized carbons (Fsp3) is 0.0667. The van der Waals surface area contributed by atoms with Gasteiger partial charge in [-0.05, 0) is 18.2 Å². The first kappa shape index (κ1) is 14.5. The Bertz CT molecular complexity index is 836. The number of aliphatic imine (C=N–C) groups is 1. The number of cyclic esters (lactones) is 1. The van der Waals surface area contributed by atoms with Gasteiger partial charge in [0.2, 0.25) is 5.90 Å². The van der Waals surface area contributed by atoms with E-state index in [0.29, 0.717) is 11.5 Å². The summed E-state index contributed by atoms with van der Waals surface area (Å²) in [4.78, 5) is 26.3. The van der Waals surface area contributed by atoms with Gasteiger partial charge in [-0.3, -0.25) is 10.1 Å². The zero-order valence-electron chi connectivity index (χ0n) is 11.9. The van der Waals surface area contributed by atoms with Gasteiger partial charge in [0, 0.05) is 18.2 Å². The second-order valence-electron chi connectivity index (χ2n) is 4.49. The average Bonchev–Trinajstić information content (AvgIpc) is 3.17. The molecule has 2 aromatic rings. The van der Waals surface area contributed by atoms with Gasteiger partial charge in [0.1, 0.15) is 11.5 Å². The number of esters is 1. The van der Waals surface area contributed by atoms with Crippen molar-refractivity contribution in [3.63, 3.8) is 0 Å². The molecule has 8 nitrogen and oxygen atoms in total. The minimum absolute atomic E-state index is 0.0310. The fourth-order valence-corrected chi connectivity index (χ4v) is 2.01. The van der Waals surface area contributed by atoms with Crippen molar-refractivity contribution in [2.24, 2.45) is 4.99 Å². The second kappa shape index (κ2) is 5.76. The number of non-ortho nitro benzene ring substituents is 1. The maximum absolute atomic E-state index is 11.9. The molecule has 0 fully saturated rings. The van der Waals surface area contributed by atoms with Gasteiger partial charge in [0.15, 0.2) is 5.70 Å². The van der Waals surface area contributed by atoms with Crippen molar-refractivity contribution in [2.75, 3.05) is 7.11 Å². The molecule has 1 aromatic heterocycles. The molecule has 0 N–H and O–H groups in total. The van der Waals surface area contributed by atoms with Crippen LogP contribution in [0.15, 0.2) is 51.7 Å². The van der Waals surface area contributed by atoms with Crippen molar-refractivity contribution in [1.29, 1.82) is 0 Å². The number of nitro groups is 1. The minimum atomic E-state index is -0.676. The van der Waals surface area contributed by atoms with Crippen molar-refractivity contribution in [2.45, 2.75) is 0 Å². The first-order valence-corrected chi connectivity index (χ1v) is 6.47. The maximum Gasteiger partial charge on any atom is 0.363 e. The summed E-state index contributed by atoms with van der Waals surface area (Å²) >= 11 is 0. The normalized spacial score (nSPS) is 15.4. The van der Waals surface area contributed by atoms with E-state index in [1.165, 1.54) is 37.6 Å². The number of carbonyl (C=O) groups is 1. The van der Waals surface area contributed by atoms with Crippen LogP contribution in [0.25, 0.3) is 6.08 Å². The van der Waals surface area contributed by atoms with Gasteiger partial charge in [-0.1, -0.05) is 0 Å². The quantitative estimate of drug-likeness (QED) is 0.372. The Balaban J connectivity index is 2.03. The summed E-state index contributed by atoms with van der Waals surface area (Å²) in [6, 6.07) is 7.26. The van der Waals surface area contributed by atoms with E-state index in [1.54, 1.807) is 12.1 Å². The monoisotopic (exact) mass is 314 g/mol. The van der Waals surface area contributed by atoms with E-state index in [1.807, 2.05) is 0 Å². The summed E-state index contributed by atoms with van der Waals surface area (Å²) < 4.78 is 15.3. The summed E-state index contributed by atoms with van der Waals surface area (Å²) in [5.74, 6) is 0.00710. The second-order valence-corrected chi connectivity index (χ2v) is 4.49. The van der Waals surface area contributed by atoms with Gasteiger partial charge >= 0.3 is 5.97 Å². The third kappa shape index (κ3) is 2.82. The number of hydrogen-bond donors (Lipinski definition) is 0. The van der Waals surface area contributed by atoms with Gasteiger partial charge < -0.3 is 13.9 Å². The van der Waals surface area contributed by atoms with E-state index >= 15 is 0 Å². The zero-order valence-corrected chi connectivity index (χ0v) is 11.9. The molecule has 1 aliphatic rings. The number of methoxy groups -OCH3 is 1. The summed E-state index contributed by atoms with van der Waals surface area (Å²) in [5.41, 5.74) is 0.0874. The van der Waals surface area contributed by atoms with Crippen LogP contribution in [-0.2, 0) is 9.53 Å². The van der Waals surface area contributed by atoms with Crippen LogP contribution in [0.3, 0.4) is 0 Å². The number of nitrogens with zero attached hydrogens (tertiary/aromatic N) is 2. The van der Waals surface area contributed by atoms with E-state index in [-0.39, 0.29) is 22.8 Å². The van der Waals surface area contributed by atoms with Gasteiger partial charge in [0.25, 0.3) is 5.69 Å². The average molecular weight is 314 g/mol. The summed E-state index contributed by atoms with van der Waals surface area (Å²) in [6.07, 6.45) is 2.88. The highest BCUT2D eigenvalue weighted by Crippen LogP contribution is 2.28. The molecular formula is C15H10N2O6. The first-order chi connectivity index (χ1) is 11.1. The number of carbonyl (C=O) groups excluding carboxylic acids is 1. The standard InChI is InChI=1S/C15H10N2O6/c1-21-13-5-4-9(17(19)20)7-11(13)14-16-12(15(18)23-14)8-10-3-2-6-22-10/h2-8H,1H3/b12-8+. The zero-order chi connectivity index (χ0) is 16.4. The summed E-state index contributed by atoms with van der Waals surface area (Å²) in [7, 11) is 1.40. The molecule has 0 unspecified atom stereocenters. The minimum Gasteiger partial charge on any atom is -0.496 e. The summed E-state index contributed by atoms with van der Waals surface area (Å²) in [5, 5.41) is 10.9. The number of hydrogen-bond acceptors (Lipinski definition) is 7. The Labute approximate surface area is 129 Å². The summed E-state index contributed by atoms with van der Waals surface area (Å²) in [6.45, 7) is 0. The third-order valence-electron chi connectivity index (χ3n) is 3.07. The molecule has 0 spiro atoms. The van der Waals surface area contributed by atoms with Crippen LogP contribution in [-0.4, -0.2) is 23.9 Å². The number of ether oxygens (including phenoxy) is 2. The van der Waals surface area contributed by atoms with Crippen LogP contribution in [0.5, 0.6) is 5.75 Å². The third-order valence-corrected chi connectivity index (χ3v) is 3.07. The molecule has 0 atom stereocenters. The van der Waals surface area contributed by atoms with Crippen molar-refractivity contribution < 1.29 is 23.6 Å². The molecular weight excluding hydrogens is 304 g/mol. The molecule has 0 amide bonds. The molecule has 8 heteroatoms. The first-order valence-electron chi connectivity index (χ1n) is 6.47. The highest BCUT2D eigenvalue weighted by Gasteiger charge is 2.28. The Morgan fingerprint density at radius 1 is 1.35 bits per heavy atom. The number of rotatable bonds is 4. The van der Waals surface area contributed by atoms with Crippen LogP contribution in [0.4, 0.5) is 5.69 Å². The van der Waals surface area contributed by atoms with E-state index in [4.69, 9.17) is 13.9 Å². The number of nitro benzene ring substituents is 1. The van der Waals surface area contributed by atoms with Crippen molar-refractivity contribution >= 4 is 23.6 Å². The van der Waals surface area contributed by atoms with E-state index < -0.39 is 10.9 Å². The van der Waals surface area contributed by atoms with Crippen molar-refractivity contribution in [3.8, 4) is 5.75 Å². The van der Waals surface area contributed by atoms with Crippen LogP contribution < -0.4 is 4.74 Å². The maximum atomic E-state index is 11.9. The molecule has 0 bridgehead atoms. The van der Waals surface area contributed by atoms with Crippen LogP contribution >= 0.6 is 0 Å².